The SMILES string of the molecule is CCC1(COc2ccc(C3(c4ccc(OCC5(CC)COC(C)(C)OC5)cc4)c4ccccc4-c4ccccc43)cc2)COC(C)(C)OC1. The fraction of sp³-hybridized carbons (Fsp3) is 0.442. The van der Waals surface area contributed by atoms with Gasteiger partial charge in [0.15, 0.2) is 11.6 Å². The van der Waals surface area contributed by atoms with E-state index >= 15 is 0 Å². The van der Waals surface area contributed by atoms with Crippen molar-refractivity contribution in [1.29, 1.82) is 0 Å². The molecule has 0 unspecified atom stereocenters. The van der Waals surface area contributed by atoms with Crippen molar-refractivity contribution < 1.29 is 28.4 Å². The molecule has 4 aromatic rings. The molecule has 0 aromatic heterocycles. The van der Waals surface area contributed by atoms with Crippen LogP contribution in [0.3, 0.4) is 0 Å². The summed E-state index contributed by atoms with van der Waals surface area (Å²) in [5.41, 5.74) is 6.57. The van der Waals surface area contributed by atoms with Crippen molar-refractivity contribution in [3.8, 4) is 22.6 Å². The van der Waals surface area contributed by atoms with Crippen molar-refractivity contribution in [3.05, 3.63) is 119 Å². The second kappa shape index (κ2) is 12.9. The first-order valence-corrected chi connectivity index (χ1v) is 17.7. The Morgan fingerprint density at radius 1 is 0.490 bits per heavy atom. The molecule has 2 heterocycles. The summed E-state index contributed by atoms with van der Waals surface area (Å²) in [6, 6.07) is 34.9. The molecule has 6 heteroatoms. The molecular weight excluding hydrogens is 612 g/mol. The fourth-order valence-electron chi connectivity index (χ4n) is 7.35. The van der Waals surface area contributed by atoms with E-state index in [1.807, 2.05) is 27.7 Å². The summed E-state index contributed by atoms with van der Waals surface area (Å²) in [6.07, 6.45) is 1.83. The molecule has 0 saturated carbocycles. The van der Waals surface area contributed by atoms with Crippen LogP contribution in [0, 0.1) is 10.8 Å². The summed E-state index contributed by atoms with van der Waals surface area (Å²) in [7, 11) is 0. The Labute approximate surface area is 291 Å². The minimum absolute atomic E-state index is 0.174. The van der Waals surface area contributed by atoms with E-state index < -0.39 is 17.0 Å². The van der Waals surface area contributed by atoms with Crippen molar-refractivity contribution in [2.45, 2.75) is 71.4 Å². The lowest BCUT2D eigenvalue weighted by atomic mass is 9.68. The molecule has 7 rings (SSSR count). The van der Waals surface area contributed by atoms with Crippen LogP contribution in [-0.4, -0.2) is 51.2 Å². The molecule has 2 fully saturated rings. The van der Waals surface area contributed by atoms with Crippen molar-refractivity contribution in [3.63, 3.8) is 0 Å². The van der Waals surface area contributed by atoms with Crippen LogP contribution >= 0.6 is 0 Å². The molecule has 49 heavy (non-hydrogen) atoms. The van der Waals surface area contributed by atoms with Crippen LogP contribution in [0.15, 0.2) is 97.1 Å². The number of benzene rings is 4. The molecule has 0 amide bonds. The van der Waals surface area contributed by atoms with Gasteiger partial charge >= 0.3 is 0 Å². The third-order valence-corrected chi connectivity index (χ3v) is 11.0. The van der Waals surface area contributed by atoms with Crippen LogP contribution in [0.5, 0.6) is 11.5 Å². The normalized spacial score (nSPS) is 20.9. The highest BCUT2D eigenvalue weighted by Crippen LogP contribution is 2.56. The number of rotatable bonds is 10. The molecule has 6 nitrogen and oxygen atoms in total. The van der Waals surface area contributed by atoms with Crippen molar-refractivity contribution >= 4 is 0 Å². The largest absolute Gasteiger partial charge is 0.493 e. The van der Waals surface area contributed by atoms with Gasteiger partial charge in [-0.15, -0.1) is 0 Å². The lowest BCUT2D eigenvalue weighted by molar-refractivity contribution is -0.289. The van der Waals surface area contributed by atoms with Gasteiger partial charge in [-0.05, 0) is 98.2 Å². The van der Waals surface area contributed by atoms with Crippen LogP contribution in [-0.2, 0) is 24.4 Å². The Hall–Kier alpha value is -3.68. The molecule has 0 bridgehead atoms. The Balaban J connectivity index is 1.19. The molecule has 3 aliphatic rings. The average molecular weight is 663 g/mol. The average Bonchev–Trinajstić information content (AvgIpc) is 3.43. The standard InChI is InChI=1S/C43H50O6/c1-7-41(27-46-39(3,4)47-28-41)25-44-33-21-17-31(18-22-33)43(37-15-11-9-13-35(37)36-14-10-12-16-38(36)43)32-19-23-34(24-20-32)45-26-42(8-2)29-48-40(5,6)49-30-42/h9-24H,7-8,25-30H2,1-6H3. The van der Waals surface area contributed by atoms with Crippen molar-refractivity contribution in [1.82, 2.24) is 0 Å². The summed E-state index contributed by atoms with van der Waals surface area (Å²) < 4.78 is 37.0. The molecule has 2 aliphatic heterocycles. The van der Waals surface area contributed by atoms with Gasteiger partial charge in [0.1, 0.15) is 11.5 Å². The van der Waals surface area contributed by atoms with Gasteiger partial charge in [-0.3, -0.25) is 0 Å². The van der Waals surface area contributed by atoms with Crippen molar-refractivity contribution in [2.24, 2.45) is 10.8 Å². The highest BCUT2D eigenvalue weighted by atomic mass is 16.7. The van der Waals surface area contributed by atoms with Gasteiger partial charge in [0.2, 0.25) is 0 Å². The van der Waals surface area contributed by atoms with Crippen LogP contribution < -0.4 is 9.47 Å². The summed E-state index contributed by atoms with van der Waals surface area (Å²) in [5, 5.41) is 0. The predicted molar refractivity (Wildman–Crippen MR) is 192 cm³/mol. The first-order valence-electron chi connectivity index (χ1n) is 17.7. The first-order chi connectivity index (χ1) is 23.5. The second-order valence-corrected chi connectivity index (χ2v) is 15.1. The molecule has 0 N–H and O–H groups in total. The lowest BCUT2D eigenvalue weighted by Crippen LogP contribution is -2.49. The fourth-order valence-corrected chi connectivity index (χ4v) is 7.35. The molecule has 4 aromatic carbocycles. The zero-order chi connectivity index (χ0) is 34.3. The first kappa shape index (κ1) is 33.8. The van der Waals surface area contributed by atoms with Crippen molar-refractivity contribution in [2.75, 3.05) is 39.6 Å². The van der Waals surface area contributed by atoms with Gasteiger partial charge < -0.3 is 28.4 Å². The number of hydrogen-bond donors (Lipinski definition) is 0. The molecule has 0 spiro atoms. The van der Waals surface area contributed by atoms with Crippen LogP contribution in [0.25, 0.3) is 11.1 Å². The Bertz CT molecular complexity index is 1610. The Kier molecular flexibility index (Phi) is 8.89. The van der Waals surface area contributed by atoms with Gasteiger partial charge in [0.05, 0.1) is 55.9 Å². The lowest BCUT2D eigenvalue weighted by Gasteiger charge is -2.42. The number of ether oxygens (including phenoxy) is 6. The van der Waals surface area contributed by atoms with E-state index in [1.165, 1.54) is 33.4 Å². The van der Waals surface area contributed by atoms with E-state index in [0.29, 0.717) is 39.6 Å². The summed E-state index contributed by atoms with van der Waals surface area (Å²) in [4.78, 5) is 0. The van der Waals surface area contributed by atoms with Gasteiger partial charge in [-0.1, -0.05) is 86.6 Å². The van der Waals surface area contributed by atoms with E-state index in [2.05, 4.69) is 111 Å². The maximum absolute atomic E-state index is 6.43. The topological polar surface area (TPSA) is 55.4 Å². The predicted octanol–water partition coefficient (Wildman–Crippen LogP) is 9.17. The molecule has 2 saturated heterocycles. The van der Waals surface area contributed by atoms with Crippen LogP contribution in [0.2, 0.25) is 0 Å². The van der Waals surface area contributed by atoms with Gasteiger partial charge in [-0.25, -0.2) is 0 Å². The van der Waals surface area contributed by atoms with E-state index in [0.717, 1.165) is 24.3 Å². The zero-order valence-electron chi connectivity index (χ0n) is 29.8. The summed E-state index contributed by atoms with van der Waals surface area (Å²) in [6.45, 7) is 15.7. The summed E-state index contributed by atoms with van der Waals surface area (Å²) in [5.74, 6) is 0.565. The third-order valence-electron chi connectivity index (χ3n) is 11.0. The van der Waals surface area contributed by atoms with E-state index in [9.17, 15) is 0 Å². The maximum atomic E-state index is 6.43. The van der Waals surface area contributed by atoms with E-state index in [1.54, 1.807) is 0 Å². The Morgan fingerprint density at radius 3 is 1.18 bits per heavy atom. The maximum Gasteiger partial charge on any atom is 0.162 e. The van der Waals surface area contributed by atoms with E-state index in [-0.39, 0.29) is 10.8 Å². The van der Waals surface area contributed by atoms with Gasteiger partial charge in [0, 0.05) is 0 Å². The zero-order valence-corrected chi connectivity index (χ0v) is 29.8. The smallest absolute Gasteiger partial charge is 0.162 e. The highest BCUT2D eigenvalue weighted by Gasteiger charge is 2.46. The van der Waals surface area contributed by atoms with Gasteiger partial charge in [0.25, 0.3) is 0 Å². The highest BCUT2D eigenvalue weighted by molar-refractivity contribution is 5.86. The number of fused-ring (bicyclic) bond motifs is 3. The third kappa shape index (κ3) is 6.29. The minimum Gasteiger partial charge on any atom is -0.493 e. The quantitative estimate of drug-likeness (QED) is 0.149. The van der Waals surface area contributed by atoms with Crippen LogP contribution in [0.4, 0.5) is 0 Å². The minimum atomic E-state index is -0.554. The molecule has 0 radical (unpaired) electrons. The Morgan fingerprint density at radius 2 is 0.837 bits per heavy atom. The monoisotopic (exact) mass is 662 g/mol. The van der Waals surface area contributed by atoms with Gasteiger partial charge in [-0.2, -0.15) is 0 Å². The van der Waals surface area contributed by atoms with E-state index in [4.69, 9.17) is 28.4 Å². The second-order valence-electron chi connectivity index (χ2n) is 15.1. The molecule has 0 atom stereocenters. The summed E-state index contributed by atoms with van der Waals surface area (Å²) >= 11 is 0. The number of hydrogen-bond acceptors (Lipinski definition) is 6. The van der Waals surface area contributed by atoms with Crippen LogP contribution in [0.1, 0.15) is 76.6 Å². The molecular formula is C43H50O6. The molecule has 1 aliphatic carbocycles. The molecule has 258 valence electrons.